The molecule has 0 saturated carbocycles. The first kappa shape index (κ1) is 22.7. The molecular formula is C21H22N2O6S2. The molecule has 2 aromatic carbocycles. The Morgan fingerprint density at radius 1 is 0.839 bits per heavy atom. The van der Waals surface area contributed by atoms with E-state index in [1.54, 1.807) is 12.1 Å². The van der Waals surface area contributed by atoms with Crippen molar-refractivity contribution >= 4 is 19.9 Å². The van der Waals surface area contributed by atoms with Crippen molar-refractivity contribution in [3.05, 3.63) is 78.6 Å². The summed E-state index contributed by atoms with van der Waals surface area (Å²) in [7, 11) is -4.93. The van der Waals surface area contributed by atoms with Crippen molar-refractivity contribution < 1.29 is 26.3 Å². The minimum absolute atomic E-state index is 0.0000760. The fourth-order valence-corrected chi connectivity index (χ4v) is 5.72. The van der Waals surface area contributed by atoms with Crippen LogP contribution >= 0.6 is 0 Å². The number of hydrogen-bond donors (Lipinski definition) is 1. The van der Waals surface area contributed by atoms with Gasteiger partial charge in [0, 0.05) is 18.9 Å². The number of sulfonamides is 1. The summed E-state index contributed by atoms with van der Waals surface area (Å²) in [6.07, 6.45) is 2.93. The molecule has 3 rings (SSSR count). The van der Waals surface area contributed by atoms with E-state index in [-0.39, 0.29) is 16.3 Å². The van der Waals surface area contributed by atoms with Crippen molar-refractivity contribution in [1.82, 2.24) is 9.71 Å². The Hall–Kier alpha value is -2.95. The molecule has 0 saturated heterocycles. The molecule has 8 nitrogen and oxygen atoms in total. The van der Waals surface area contributed by atoms with E-state index >= 15 is 0 Å². The zero-order chi connectivity index (χ0) is 22.5. The molecule has 0 fully saturated rings. The first-order valence-corrected chi connectivity index (χ1v) is 12.2. The highest BCUT2D eigenvalue weighted by atomic mass is 32.2. The molecule has 0 spiro atoms. The van der Waals surface area contributed by atoms with Crippen LogP contribution in [0.15, 0.2) is 82.8 Å². The van der Waals surface area contributed by atoms with Gasteiger partial charge in [-0.25, -0.2) is 21.6 Å². The summed E-state index contributed by atoms with van der Waals surface area (Å²) >= 11 is 0. The second kappa shape index (κ2) is 9.46. The van der Waals surface area contributed by atoms with Crippen LogP contribution in [-0.4, -0.2) is 42.6 Å². The number of nitrogens with zero attached hydrogens (tertiary/aromatic N) is 1. The lowest BCUT2D eigenvalue weighted by atomic mass is 10.2. The Balaban J connectivity index is 1.92. The van der Waals surface area contributed by atoms with Crippen molar-refractivity contribution in [2.24, 2.45) is 0 Å². The minimum atomic E-state index is -3.95. The Labute approximate surface area is 181 Å². The van der Waals surface area contributed by atoms with Gasteiger partial charge in [-0.3, -0.25) is 4.98 Å². The van der Waals surface area contributed by atoms with Crippen LogP contribution in [0.5, 0.6) is 11.5 Å². The van der Waals surface area contributed by atoms with Crippen LogP contribution < -0.4 is 14.2 Å². The molecule has 1 atom stereocenters. The summed E-state index contributed by atoms with van der Waals surface area (Å²) in [6, 6.07) is 14.9. The van der Waals surface area contributed by atoms with E-state index in [9.17, 15) is 16.8 Å². The molecule has 1 heterocycles. The molecular weight excluding hydrogens is 440 g/mol. The summed E-state index contributed by atoms with van der Waals surface area (Å²) in [6.45, 7) is -0.367. The van der Waals surface area contributed by atoms with Crippen LogP contribution in [0.3, 0.4) is 0 Å². The van der Waals surface area contributed by atoms with Crippen LogP contribution in [0.2, 0.25) is 0 Å². The fourth-order valence-electron chi connectivity index (χ4n) is 2.93. The van der Waals surface area contributed by atoms with Gasteiger partial charge in [0.05, 0.1) is 24.0 Å². The van der Waals surface area contributed by atoms with Crippen molar-refractivity contribution in [2.75, 3.05) is 20.8 Å². The lowest BCUT2D eigenvalue weighted by Gasteiger charge is -2.19. The highest BCUT2D eigenvalue weighted by Crippen LogP contribution is 2.29. The van der Waals surface area contributed by atoms with Crippen LogP contribution in [0.25, 0.3) is 0 Å². The van der Waals surface area contributed by atoms with Gasteiger partial charge in [0.25, 0.3) is 0 Å². The maximum absolute atomic E-state index is 13.3. The average molecular weight is 463 g/mol. The molecule has 31 heavy (non-hydrogen) atoms. The molecule has 0 aliphatic rings. The molecule has 0 amide bonds. The fraction of sp³-hybridized carbons (Fsp3) is 0.190. The standard InChI is InChI=1S/C21H22N2O6S2/c1-28-17-5-9-19(10-6-17)30(24,25)21(16-4-3-13-22-14-16)15-23-31(26,27)20-11-7-18(29-2)8-12-20/h3-14,21,23H,15H2,1-2H3/t21-/m0/s1. The van der Waals surface area contributed by atoms with Crippen molar-refractivity contribution in [3.8, 4) is 11.5 Å². The molecule has 0 bridgehead atoms. The van der Waals surface area contributed by atoms with Crippen molar-refractivity contribution in [2.45, 2.75) is 15.0 Å². The van der Waals surface area contributed by atoms with Crippen molar-refractivity contribution in [1.29, 1.82) is 0 Å². The SMILES string of the molecule is COc1ccc(S(=O)(=O)NC[C@@H](c2cccnc2)S(=O)(=O)c2ccc(OC)cc2)cc1. The van der Waals surface area contributed by atoms with E-state index in [4.69, 9.17) is 9.47 Å². The molecule has 10 heteroatoms. The smallest absolute Gasteiger partial charge is 0.240 e. The van der Waals surface area contributed by atoms with E-state index in [0.29, 0.717) is 17.1 Å². The third-order valence-electron chi connectivity index (χ3n) is 4.65. The lowest BCUT2D eigenvalue weighted by Crippen LogP contribution is -2.32. The zero-order valence-corrected chi connectivity index (χ0v) is 18.6. The molecule has 0 aliphatic heterocycles. The number of ether oxygens (including phenoxy) is 2. The zero-order valence-electron chi connectivity index (χ0n) is 16.9. The van der Waals surface area contributed by atoms with Gasteiger partial charge < -0.3 is 9.47 Å². The summed E-state index contributed by atoms with van der Waals surface area (Å²) in [5, 5.41) is -1.18. The summed E-state index contributed by atoms with van der Waals surface area (Å²) < 4.78 is 64.7. The van der Waals surface area contributed by atoms with Gasteiger partial charge in [0.2, 0.25) is 10.0 Å². The Kier molecular flexibility index (Phi) is 6.94. The number of hydrogen-bond acceptors (Lipinski definition) is 7. The number of aromatic nitrogens is 1. The Morgan fingerprint density at radius 3 is 1.87 bits per heavy atom. The Morgan fingerprint density at radius 2 is 1.39 bits per heavy atom. The van der Waals surface area contributed by atoms with Gasteiger partial charge in [-0.15, -0.1) is 0 Å². The molecule has 0 radical (unpaired) electrons. The van der Waals surface area contributed by atoms with Gasteiger partial charge >= 0.3 is 0 Å². The summed E-state index contributed by atoms with van der Waals surface area (Å²) in [5.41, 5.74) is 0.371. The third-order valence-corrected chi connectivity index (χ3v) is 8.20. The van der Waals surface area contributed by atoms with Gasteiger partial charge in [-0.1, -0.05) is 6.07 Å². The van der Waals surface area contributed by atoms with E-state index in [1.165, 1.54) is 75.1 Å². The van der Waals surface area contributed by atoms with Crippen LogP contribution in [0.1, 0.15) is 10.8 Å². The second-order valence-corrected chi connectivity index (χ2v) is 10.4. The highest BCUT2D eigenvalue weighted by Gasteiger charge is 2.31. The van der Waals surface area contributed by atoms with Gasteiger partial charge in [-0.05, 0) is 60.2 Å². The van der Waals surface area contributed by atoms with Crippen LogP contribution in [0.4, 0.5) is 0 Å². The van der Waals surface area contributed by atoms with E-state index < -0.39 is 25.1 Å². The summed E-state index contributed by atoms with van der Waals surface area (Å²) in [5.74, 6) is 1.02. The largest absolute Gasteiger partial charge is 0.497 e. The monoisotopic (exact) mass is 462 g/mol. The molecule has 1 aromatic heterocycles. The first-order chi connectivity index (χ1) is 14.8. The second-order valence-electron chi connectivity index (χ2n) is 6.52. The average Bonchev–Trinajstić information content (AvgIpc) is 2.79. The number of pyridine rings is 1. The maximum atomic E-state index is 13.3. The highest BCUT2D eigenvalue weighted by molar-refractivity contribution is 7.92. The van der Waals surface area contributed by atoms with E-state index in [1.807, 2.05) is 0 Å². The number of nitrogens with one attached hydrogen (secondary N) is 1. The van der Waals surface area contributed by atoms with E-state index in [0.717, 1.165) is 0 Å². The van der Waals surface area contributed by atoms with Crippen LogP contribution in [0, 0.1) is 0 Å². The maximum Gasteiger partial charge on any atom is 0.240 e. The minimum Gasteiger partial charge on any atom is -0.497 e. The number of sulfone groups is 1. The third kappa shape index (κ3) is 5.22. The molecule has 0 unspecified atom stereocenters. The van der Waals surface area contributed by atoms with Gasteiger partial charge in [0.1, 0.15) is 16.7 Å². The molecule has 164 valence electrons. The molecule has 1 N–H and O–H groups in total. The molecule has 3 aromatic rings. The quantitative estimate of drug-likeness (QED) is 0.520. The Bertz CT molecular complexity index is 1210. The normalized spacial score (nSPS) is 12.8. The number of benzene rings is 2. The van der Waals surface area contributed by atoms with Crippen LogP contribution in [-0.2, 0) is 19.9 Å². The molecule has 0 aliphatic carbocycles. The number of methoxy groups -OCH3 is 2. The van der Waals surface area contributed by atoms with Crippen molar-refractivity contribution in [3.63, 3.8) is 0 Å². The topological polar surface area (TPSA) is 112 Å². The van der Waals surface area contributed by atoms with E-state index in [2.05, 4.69) is 9.71 Å². The summed E-state index contributed by atoms with van der Waals surface area (Å²) in [4.78, 5) is 4.03. The van der Waals surface area contributed by atoms with Gasteiger partial charge in [-0.2, -0.15) is 0 Å². The van der Waals surface area contributed by atoms with Gasteiger partial charge in [0.15, 0.2) is 9.84 Å². The first-order valence-electron chi connectivity index (χ1n) is 9.19. The predicted octanol–water partition coefficient (Wildman–Crippen LogP) is 2.59. The predicted molar refractivity (Wildman–Crippen MR) is 115 cm³/mol. The lowest BCUT2D eigenvalue weighted by molar-refractivity contribution is 0.414. The number of rotatable bonds is 9.